The van der Waals surface area contributed by atoms with Gasteiger partial charge in [0.2, 0.25) is 0 Å². The molecule has 0 aliphatic heterocycles. The van der Waals surface area contributed by atoms with Gasteiger partial charge in [-0.2, -0.15) is 0 Å². The fraction of sp³-hybridized carbons (Fsp3) is 0.276. The highest BCUT2D eigenvalue weighted by atomic mass is 16.6. The molecule has 0 saturated heterocycles. The number of carbonyl (C=O) groups excluding carboxylic acids is 3. The van der Waals surface area contributed by atoms with Crippen LogP contribution in [0.4, 0.5) is 0 Å². The molecular formula is C29H30O9. The molecule has 0 radical (unpaired) electrons. The van der Waals surface area contributed by atoms with Crippen LogP contribution in [0.25, 0.3) is 0 Å². The van der Waals surface area contributed by atoms with Crippen molar-refractivity contribution in [3.05, 3.63) is 89.5 Å². The van der Waals surface area contributed by atoms with Gasteiger partial charge in [-0.05, 0) is 43.3 Å². The molecule has 0 amide bonds. The number of benzene rings is 3. The van der Waals surface area contributed by atoms with Gasteiger partial charge in [-0.1, -0.05) is 36.4 Å². The average Bonchev–Trinajstić information content (AvgIpc) is 2.97. The third-order valence-electron chi connectivity index (χ3n) is 5.64. The molecule has 0 saturated carbocycles. The van der Waals surface area contributed by atoms with Crippen molar-refractivity contribution in [2.75, 3.05) is 41.2 Å². The van der Waals surface area contributed by atoms with Crippen LogP contribution in [0.15, 0.2) is 72.8 Å². The summed E-state index contributed by atoms with van der Waals surface area (Å²) in [4.78, 5) is 38.4. The van der Waals surface area contributed by atoms with Crippen molar-refractivity contribution in [2.45, 2.75) is 6.92 Å². The summed E-state index contributed by atoms with van der Waals surface area (Å²) in [5.41, 5.74) is -0.398. The largest absolute Gasteiger partial charge is 0.496 e. The maximum Gasteiger partial charge on any atom is 0.341 e. The van der Waals surface area contributed by atoms with Gasteiger partial charge in [-0.3, -0.25) is 0 Å². The van der Waals surface area contributed by atoms with Crippen LogP contribution in [-0.4, -0.2) is 59.1 Å². The van der Waals surface area contributed by atoms with E-state index < -0.39 is 23.3 Å². The van der Waals surface area contributed by atoms with Crippen LogP contribution < -0.4 is 14.2 Å². The average molecular weight is 523 g/mol. The van der Waals surface area contributed by atoms with E-state index in [1.165, 1.54) is 21.3 Å². The van der Waals surface area contributed by atoms with Gasteiger partial charge in [0.25, 0.3) is 0 Å². The molecule has 0 unspecified atom stereocenters. The van der Waals surface area contributed by atoms with Gasteiger partial charge in [0.15, 0.2) is 0 Å². The predicted octanol–water partition coefficient (Wildman–Crippen LogP) is 4.59. The topological polar surface area (TPSA) is 107 Å². The molecule has 0 aromatic heterocycles. The van der Waals surface area contributed by atoms with Crippen LogP contribution in [0.3, 0.4) is 0 Å². The zero-order valence-electron chi connectivity index (χ0n) is 21.7. The van der Waals surface area contributed by atoms with Gasteiger partial charge in [0.05, 0.1) is 26.7 Å². The van der Waals surface area contributed by atoms with Crippen LogP contribution in [0.2, 0.25) is 0 Å². The minimum atomic E-state index is -1.09. The summed E-state index contributed by atoms with van der Waals surface area (Å²) in [5, 5.41) is 0. The number of hydrogen-bond acceptors (Lipinski definition) is 9. The van der Waals surface area contributed by atoms with E-state index >= 15 is 0 Å². The standard InChI is InChI=1S/C29H30O9/c1-29(17-36-26(30)20-11-5-8-14-23(20)33-2,18-37-27(31)21-12-6-9-15-24(21)34-3)19-38-28(32)22-13-7-10-16-25(22)35-4/h5-16H,17-19H2,1-4H3. The molecule has 0 aliphatic carbocycles. The molecule has 200 valence electrons. The Kier molecular flexibility index (Phi) is 9.70. The summed E-state index contributed by atoms with van der Waals surface area (Å²) >= 11 is 0. The summed E-state index contributed by atoms with van der Waals surface area (Å²) in [6.07, 6.45) is 0. The number of rotatable bonds is 12. The Hall–Kier alpha value is -4.53. The zero-order valence-corrected chi connectivity index (χ0v) is 21.7. The zero-order chi connectivity index (χ0) is 27.5. The lowest BCUT2D eigenvalue weighted by Crippen LogP contribution is -2.37. The highest BCUT2D eigenvalue weighted by Crippen LogP contribution is 2.26. The van der Waals surface area contributed by atoms with Crippen molar-refractivity contribution < 1.29 is 42.8 Å². The van der Waals surface area contributed by atoms with Crippen molar-refractivity contribution >= 4 is 17.9 Å². The highest BCUT2D eigenvalue weighted by Gasteiger charge is 2.32. The molecule has 3 aromatic carbocycles. The molecule has 0 N–H and O–H groups in total. The van der Waals surface area contributed by atoms with Crippen molar-refractivity contribution in [1.29, 1.82) is 0 Å². The number of hydrogen-bond donors (Lipinski definition) is 0. The lowest BCUT2D eigenvalue weighted by molar-refractivity contribution is -0.0289. The Bertz CT molecular complexity index is 1110. The van der Waals surface area contributed by atoms with Crippen LogP contribution in [0.5, 0.6) is 17.2 Å². The maximum atomic E-state index is 12.8. The lowest BCUT2D eigenvalue weighted by atomic mass is 9.94. The van der Waals surface area contributed by atoms with E-state index in [0.717, 1.165) is 0 Å². The molecular weight excluding hydrogens is 492 g/mol. The number of methoxy groups -OCH3 is 3. The first-order valence-electron chi connectivity index (χ1n) is 11.7. The van der Waals surface area contributed by atoms with Gasteiger partial charge in [-0.15, -0.1) is 0 Å². The monoisotopic (exact) mass is 522 g/mol. The van der Waals surface area contributed by atoms with Gasteiger partial charge in [0.1, 0.15) is 53.8 Å². The summed E-state index contributed by atoms with van der Waals surface area (Å²) in [5.74, 6) is -0.861. The molecule has 0 atom stereocenters. The second-order valence-electron chi connectivity index (χ2n) is 8.64. The molecule has 38 heavy (non-hydrogen) atoms. The SMILES string of the molecule is COc1ccccc1C(=O)OCC(C)(COC(=O)c1ccccc1OC)COC(=O)c1ccccc1OC. The Balaban J connectivity index is 1.76. The fourth-order valence-corrected chi connectivity index (χ4v) is 3.52. The predicted molar refractivity (Wildman–Crippen MR) is 138 cm³/mol. The molecule has 9 nitrogen and oxygen atoms in total. The number of ether oxygens (including phenoxy) is 6. The van der Waals surface area contributed by atoms with E-state index in [1.807, 2.05) is 0 Å². The Morgan fingerprint density at radius 2 is 0.789 bits per heavy atom. The van der Waals surface area contributed by atoms with E-state index in [4.69, 9.17) is 28.4 Å². The molecule has 3 aromatic rings. The summed E-state index contributed by atoms with van der Waals surface area (Å²) < 4.78 is 32.4. The van der Waals surface area contributed by atoms with E-state index in [-0.39, 0.29) is 36.5 Å². The minimum absolute atomic E-state index is 0.220. The van der Waals surface area contributed by atoms with E-state index in [1.54, 1.807) is 79.7 Å². The van der Waals surface area contributed by atoms with Crippen molar-refractivity contribution in [1.82, 2.24) is 0 Å². The molecule has 0 fully saturated rings. The molecule has 3 rings (SSSR count). The molecule has 0 heterocycles. The second-order valence-corrected chi connectivity index (χ2v) is 8.64. The van der Waals surface area contributed by atoms with E-state index in [2.05, 4.69) is 0 Å². The van der Waals surface area contributed by atoms with Gasteiger partial charge in [0, 0.05) is 0 Å². The number of carbonyl (C=O) groups is 3. The second kappa shape index (κ2) is 13.1. The lowest BCUT2D eigenvalue weighted by Gasteiger charge is -2.28. The molecule has 9 heteroatoms. The Morgan fingerprint density at radius 1 is 0.526 bits per heavy atom. The third kappa shape index (κ3) is 7.03. The van der Waals surface area contributed by atoms with Crippen LogP contribution in [-0.2, 0) is 14.2 Å². The van der Waals surface area contributed by atoms with Crippen molar-refractivity contribution in [2.24, 2.45) is 5.41 Å². The Labute approximate surface area is 221 Å². The molecule has 0 spiro atoms. The first-order valence-corrected chi connectivity index (χ1v) is 11.7. The van der Waals surface area contributed by atoms with Crippen LogP contribution >= 0.6 is 0 Å². The normalized spacial score (nSPS) is 10.7. The summed E-state index contributed by atoms with van der Waals surface area (Å²) in [7, 11) is 4.35. The van der Waals surface area contributed by atoms with Crippen LogP contribution in [0.1, 0.15) is 38.0 Å². The van der Waals surface area contributed by atoms with E-state index in [9.17, 15) is 14.4 Å². The maximum absolute atomic E-state index is 12.8. The first kappa shape index (κ1) is 28.0. The number of esters is 3. The molecule has 0 bridgehead atoms. The van der Waals surface area contributed by atoms with Gasteiger partial charge < -0.3 is 28.4 Å². The fourth-order valence-electron chi connectivity index (χ4n) is 3.52. The number of para-hydroxylation sites is 3. The quantitative estimate of drug-likeness (QED) is 0.249. The van der Waals surface area contributed by atoms with Gasteiger partial charge in [-0.25, -0.2) is 14.4 Å². The highest BCUT2D eigenvalue weighted by molar-refractivity contribution is 5.93. The molecule has 0 aliphatic rings. The van der Waals surface area contributed by atoms with Crippen molar-refractivity contribution in [3.63, 3.8) is 0 Å². The van der Waals surface area contributed by atoms with Crippen molar-refractivity contribution in [3.8, 4) is 17.2 Å². The smallest absolute Gasteiger partial charge is 0.341 e. The van der Waals surface area contributed by atoms with Gasteiger partial charge >= 0.3 is 17.9 Å². The summed E-state index contributed by atoms with van der Waals surface area (Å²) in [6.45, 7) is 1.01. The Morgan fingerprint density at radius 3 is 1.05 bits per heavy atom. The first-order chi connectivity index (χ1) is 18.3. The van der Waals surface area contributed by atoms with Crippen LogP contribution in [0, 0.1) is 5.41 Å². The van der Waals surface area contributed by atoms with E-state index in [0.29, 0.717) is 17.2 Å². The minimum Gasteiger partial charge on any atom is -0.496 e. The third-order valence-corrected chi connectivity index (χ3v) is 5.64. The summed E-state index contributed by atoms with van der Waals surface area (Å²) in [6, 6.07) is 19.9.